The molecule has 3 fully saturated rings. The molecule has 3 unspecified atom stereocenters. The second-order valence-electron chi connectivity index (χ2n) is 7.16. The van der Waals surface area contributed by atoms with Gasteiger partial charge in [-0.2, -0.15) is 0 Å². The van der Waals surface area contributed by atoms with Crippen LogP contribution < -0.4 is 16.4 Å². The molecule has 0 radical (unpaired) electrons. The third-order valence-corrected chi connectivity index (χ3v) is 5.99. The van der Waals surface area contributed by atoms with E-state index in [1.807, 2.05) is 0 Å². The fourth-order valence-electron chi connectivity index (χ4n) is 4.60. The zero-order valence-corrected chi connectivity index (χ0v) is 13.2. The lowest BCUT2D eigenvalue weighted by Crippen LogP contribution is -2.52. The van der Waals surface area contributed by atoms with Crippen LogP contribution in [0.25, 0.3) is 0 Å². The molecule has 5 nitrogen and oxygen atoms in total. The van der Waals surface area contributed by atoms with Gasteiger partial charge in [-0.3, -0.25) is 4.79 Å². The van der Waals surface area contributed by atoms with Crippen LogP contribution in [0, 0.1) is 11.8 Å². The highest BCUT2D eigenvalue weighted by atomic mass is 16.2. The molecule has 0 aliphatic carbocycles. The summed E-state index contributed by atoms with van der Waals surface area (Å²) >= 11 is 0. The van der Waals surface area contributed by atoms with Crippen molar-refractivity contribution in [3.63, 3.8) is 0 Å². The summed E-state index contributed by atoms with van der Waals surface area (Å²) in [5.41, 5.74) is 5.91. The molecule has 0 aromatic carbocycles. The van der Waals surface area contributed by atoms with Crippen molar-refractivity contribution in [1.29, 1.82) is 0 Å². The molecule has 120 valence electrons. The number of hydrogen-bond acceptors (Lipinski definition) is 4. The third-order valence-electron chi connectivity index (χ3n) is 5.99. The number of nitrogens with zero attached hydrogens (tertiary/aromatic N) is 1. The largest absolute Gasteiger partial charge is 0.353 e. The minimum absolute atomic E-state index is 0.00408. The van der Waals surface area contributed by atoms with Gasteiger partial charge in [0.1, 0.15) is 0 Å². The van der Waals surface area contributed by atoms with E-state index in [1.165, 1.54) is 12.8 Å². The van der Waals surface area contributed by atoms with E-state index >= 15 is 0 Å². The van der Waals surface area contributed by atoms with Crippen molar-refractivity contribution >= 4 is 5.91 Å². The molecule has 0 saturated carbocycles. The number of nitrogens with two attached hydrogens (primary N) is 1. The molecule has 0 spiro atoms. The van der Waals surface area contributed by atoms with Crippen LogP contribution in [0.2, 0.25) is 0 Å². The Balaban J connectivity index is 1.55. The molecule has 0 aromatic heterocycles. The average molecular weight is 294 g/mol. The van der Waals surface area contributed by atoms with Crippen LogP contribution in [0.4, 0.5) is 0 Å². The zero-order chi connectivity index (χ0) is 14.8. The molecule has 3 aliphatic heterocycles. The molecule has 21 heavy (non-hydrogen) atoms. The summed E-state index contributed by atoms with van der Waals surface area (Å²) in [5, 5.41) is 6.68. The molecule has 4 N–H and O–H groups in total. The maximum absolute atomic E-state index is 12.6. The second-order valence-corrected chi connectivity index (χ2v) is 7.16. The molecule has 3 rings (SSSR count). The Morgan fingerprint density at radius 3 is 2.43 bits per heavy atom. The van der Waals surface area contributed by atoms with Gasteiger partial charge in [-0.15, -0.1) is 0 Å². The van der Waals surface area contributed by atoms with E-state index < -0.39 is 0 Å². The van der Waals surface area contributed by atoms with Crippen LogP contribution in [0.15, 0.2) is 0 Å². The molecular weight excluding hydrogens is 264 g/mol. The van der Waals surface area contributed by atoms with Crippen LogP contribution in [0.3, 0.4) is 0 Å². The van der Waals surface area contributed by atoms with E-state index in [-0.39, 0.29) is 11.8 Å². The number of carbonyl (C=O) groups excluding carboxylic acids is 1. The summed E-state index contributed by atoms with van der Waals surface area (Å²) in [5.74, 6) is 0.669. The summed E-state index contributed by atoms with van der Waals surface area (Å²) in [6.45, 7) is 2.52. The van der Waals surface area contributed by atoms with Gasteiger partial charge < -0.3 is 21.3 Å². The third kappa shape index (κ3) is 3.25. The Hall–Kier alpha value is -0.650. The predicted molar refractivity (Wildman–Crippen MR) is 83.9 cm³/mol. The number of rotatable bonds is 4. The molecule has 3 heterocycles. The lowest BCUT2D eigenvalue weighted by atomic mass is 9.83. The molecular formula is C16H30N4O. The van der Waals surface area contributed by atoms with Crippen LogP contribution in [-0.4, -0.2) is 55.6 Å². The Labute approximate surface area is 128 Å². The van der Waals surface area contributed by atoms with Gasteiger partial charge in [-0.1, -0.05) is 0 Å². The highest BCUT2D eigenvalue weighted by Gasteiger charge is 2.39. The highest BCUT2D eigenvalue weighted by Crippen LogP contribution is 2.34. The van der Waals surface area contributed by atoms with Crippen molar-refractivity contribution in [3.8, 4) is 0 Å². The van der Waals surface area contributed by atoms with Gasteiger partial charge in [0, 0.05) is 24.7 Å². The van der Waals surface area contributed by atoms with Crippen LogP contribution in [0.1, 0.15) is 38.5 Å². The van der Waals surface area contributed by atoms with E-state index in [2.05, 4.69) is 22.6 Å². The first-order valence-corrected chi connectivity index (χ1v) is 8.62. The van der Waals surface area contributed by atoms with Crippen molar-refractivity contribution < 1.29 is 4.79 Å². The van der Waals surface area contributed by atoms with Crippen molar-refractivity contribution in [2.45, 2.75) is 56.7 Å². The van der Waals surface area contributed by atoms with Crippen molar-refractivity contribution in [3.05, 3.63) is 0 Å². The predicted octanol–water partition coefficient (Wildman–Crippen LogP) is 0.302. The molecule has 3 atom stereocenters. The van der Waals surface area contributed by atoms with Crippen LogP contribution in [-0.2, 0) is 4.79 Å². The first-order chi connectivity index (χ1) is 10.2. The Bertz CT molecular complexity index is 355. The fraction of sp³-hybridized carbons (Fsp3) is 0.938. The summed E-state index contributed by atoms with van der Waals surface area (Å²) in [4.78, 5) is 15.1. The van der Waals surface area contributed by atoms with E-state index in [4.69, 9.17) is 5.73 Å². The number of fused-ring (bicyclic) bond motifs is 2. The average Bonchev–Trinajstić information content (AvgIpc) is 2.72. The summed E-state index contributed by atoms with van der Waals surface area (Å²) in [6.07, 6.45) is 6.97. The van der Waals surface area contributed by atoms with Crippen LogP contribution >= 0.6 is 0 Å². The highest BCUT2D eigenvalue weighted by molar-refractivity contribution is 5.79. The minimum atomic E-state index is 0.00408. The number of nitrogens with one attached hydrogen (secondary N) is 2. The number of amides is 1. The maximum Gasteiger partial charge on any atom is 0.224 e. The van der Waals surface area contributed by atoms with Gasteiger partial charge in [0.25, 0.3) is 0 Å². The van der Waals surface area contributed by atoms with Gasteiger partial charge in [0.05, 0.1) is 5.92 Å². The SMILES string of the molecule is CN1C2CCC1CC(NC(=O)C(CN)C1CCNCC1)C2. The minimum Gasteiger partial charge on any atom is -0.353 e. The Kier molecular flexibility index (Phi) is 4.82. The van der Waals surface area contributed by atoms with Crippen molar-refractivity contribution in [2.24, 2.45) is 17.6 Å². The van der Waals surface area contributed by atoms with E-state index in [0.717, 1.165) is 38.8 Å². The topological polar surface area (TPSA) is 70.4 Å². The molecule has 3 saturated heterocycles. The van der Waals surface area contributed by atoms with Crippen LogP contribution in [0.5, 0.6) is 0 Å². The zero-order valence-electron chi connectivity index (χ0n) is 13.2. The lowest BCUT2D eigenvalue weighted by Gasteiger charge is -2.38. The maximum atomic E-state index is 12.6. The van der Waals surface area contributed by atoms with E-state index in [0.29, 0.717) is 30.6 Å². The lowest BCUT2D eigenvalue weighted by molar-refractivity contribution is -0.127. The molecule has 0 aromatic rings. The first kappa shape index (κ1) is 15.3. The van der Waals surface area contributed by atoms with Gasteiger partial charge >= 0.3 is 0 Å². The normalized spacial score (nSPS) is 35.6. The Morgan fingerprint density at radius 1 is 1.24 bits per heavy atom. The summed E-state index contributed by atoms with van der Waals surface area (Å²) in [7, 11) is 2.23. The van der Waals surface area contributed by atoms with Gasteiger partial charge in [0.2, 0.25) is 5.91 Å². The molecule has 3 aliphatic rings. The molecule has 2 bridgehead atoms. The van der Waals surface area contributed by atoms with Gasteiger partial charge in [0.15, 0.2) is 0 Å². The molecule has 1 amide bonds. The summed E-state index contributed by atoms with van der Waals surface area (Å²) < 4.78 is 0. The quantitative estimate of drug-likeness (QED) is 0.697. The molecule has 5 heteroatoms. The number of hydrogen-bond donors (Lipinski definition) is 3. The number of piperidine rings is 2. The number of carbonyl (C=O) groups is 1. The standard InChI is InChI=1S/C16H30N4O/c1-20-13-2-3-14(20)9-12(8-13)19-16(21)15(10-17)11-4-6-18-7-5-11/h11-15,18H,2-10,17H2,1H3,(H,19,21). The van der Waals surface area contributed by atoms with Gasteiger partial charge in [-0.25, -0.2) is 0 Å². The van der Waals surface area contributed by atoms with Gasteiger partial charge in [-0.05, 0) is 64.6 Å². The summed E-state index contributed by atoms with van der Waals surface area (Å²) in [6, 6.07) is 1.70. The first-order valence-electron chi connectivity index (χ1n) is 8.62. The second kappa shape index (κ2) is 6.63. The fourth-order valence-corrected chi connectivity index (χ4v) is 4.60. The monoisotopic (exact) mass is 294 g/mol. The van der Waals surface area contributed by atoms with E-state index in [1.54, 1.807) is 0 Å². The van der Waals surface area contributed by atoms with Crippen molar-refractivity contribution in [1.82, 2.24) is 15.5 Å². The smallest absolute Gasteiger partial charge is 0.224 e. The Morgan fingerprint density at radius 2 is 1.86 bits per heavy atom. The van der Waals surface area contributed by atoms with E-state index in [9.17, 15) is 4.79 Å². The van der Waals surface area contributed by atoms with Crippen molar-refractivity contribution in [2.75, 3.05) is 26.7 Å².